The average Bonchev–Trinajstić information content (AvgIpc) is 3.40. The molecule has 0 aliphatic carbocycles. The molecule has 0 radical (unpaired) electrons. The number of nitrogens with one attached hydrogen (secondary N) is 3. The number of hydrazine groups is 1. The fourth-order valence-corrected chi connectivity index (χ4v) is 4.72. The molecule has 0 spiro atoms. The molecule has 34 heavy (non-hydrogen) atoms. The Morgan fingerprint density at radius 3 is 2.53 bits per heavy atom. The molecule has 1 aromatic heterocycles. The van der Waals surface area contributed by atoms with E-state index >= 15 is 0 Å². The van der Waals surface area contributed by atoms with Crippen LogP contribution in [0, 0.1) is 11.7 Å². The van der Waals surface area contributed by atoms with Gasteiger partial charge >= 0.3 is 0 Å². The van der Waals surface area contributed by atoms with E-state index in [-0.39, 0.29) is 11.7 Å². The Morgan fingerprint density at radius 2 is 1.76 bits per heavy atom. The number of fused-ring (bicyclic) bond motifs is 1. The number of hydrogen-bond donors (Lipinski definition) is 3. The summed E-state index contributed by atoms with van der Waals surface area (Å²) in [7, 11) is 0. The van der Waals surface area contributed by atoms with Gasteiger partial charge in [-0.15, -0.1) is 0 Å². The van der Waals surface area contributed by atoms with Crippen LogP contribution in [-0.2, 0) is 0 Å². The minimum atomic E-state index is -0.281. The highest BCUT2D eigenvalue weighted by molar-refractivity contribution is 5.97. The van der Waals surface area contributed by atoms with Crippen LogP contribution in [0.3, 0.4) is 0 Å². The molecule has 0 saturated carbocycles. The first kappa shape index (κ1) is 22.7. The number of rotatable bonds is 7. The van der Waals surface area contributed by atoms with Gasteiger partial charge in [-0.05, 0) is 80.5 Å². The quantitative estimate of drug-likeness (QED) is 0.465. The molecular weight excluding hydrogens is 431 g/mol. The van der Waals surface area contributed by atoms with Crippen LogP contribution >= 0.6 is 0 Å². The summed E-state index contributed by atoms with van der Waals surface area (Å²) in [4.78, 5) is 24.9. The van der Waals surface area contributed by atoms with Gasteiger partial charge < -0.3 is 10.2 Å². The highest BCUT2D eigenvalue weighted by Crippen LogP contribution is 2.31. The Bertz CT molecular complexity index is 1140. The summed E-state index contributed by atoms with van der Waals surface area (Å²) in [6.07, 6.45) is 5.48. The molecule has 0 bridgehead atoms. The molecule has 5 rings (SSSR count). The lowest BCUT2D eigenvalue weighted by Crippen LogP contribution is -2.31. The summed E-state index contributed by atoms with van der Waals surface area (Å²) in [6, 6.07) is 11.9. The highest BCUT2D eigenvalue weighted by Gasteiger charge is 2.20. The molecule has 3 heterocycles. The number of amides is 1. The van der Waals surface area contributed by atoms with E-state index in [0.717, 1.165) is 74.5 Å². The van der Waals surface area contributed by atoms with E-state index in [9.17, 15) is 9.18 Å². The molecule has 2 fully saturated rings. The van der Waals surface area contributed by atoms with Crippen LogP contribution < -0.4 is 21.1 Å². The van der Waals surface area contributed by atoms with Crippen LogP contribution in [-0.4, -0.2) is 48.6 Å². The molecule has 3 N–H and O–H groups in total. The fourth-order valence-electron chi connectivity index (χ4n) is 4.72. The number of carbonyl (C=O) groups excluding carboxylic acids is 1. The Morgan fingerprint density at radius 1 is 1.00 bits per heavy atom. The number of halogens is 1. The summed E-state index contributed by atoms with van der Waals surface area (Å²) in [5.41, 5.74) is 9.81. The molecule has 7 nitrogen and oxygen atoms in total. The smallest absolute Gasteiger partial charge is 0.251 e. The molecule has 2 aliphatic rings. The first-order chi connectivity index (χ1) is 16.7. The second kappa shape index (κ2) is 10.4. The summed E-state index contributed by atoms with van der Waals surface area (Å²) in [5.74, 6) is 1.06. The van der Waals surface area contributed by atoms with Gasteiger partial charge in [0, 0.05) is 43.9 Å². The van der Waals surface area contributed by atoms with Crippen LogP contribution in [0.4, 0.5) is 10.2 Å². The van der Waals surface area contributed by atoms with Crippen molar-refractivity contribution in [3.63, 3.8) is 0 Å². The third-order valence-corrected chi connectivity index (χ3v) is 6.66. The number of benzene rings is 2. The van der Waals surface area contributed by atoms with Gasteiger partial charge in [0.1, 0.15) is 11.5 Å². The molecule has 2 aliphatic heterocycles. The molecule has 178 valence electrons. The van der Waals surface area contributed by atoms with Gasteiger partial charge in [-0.2, -0.15) is 0 Å². The van der Waals surface area contributed by atoms with E-state index in [1.807, 2.05) is 12.1 Å². The molecule has 8 heteroatoms. The van der Waals surface area contributed by atoms with Gasteiger partial charge in [-0.3, -0.25) is 15.6 Å². The number of aromatic nitrogens is 2. The molecule has 3 aromatic rings. The van der Waals surface area contributed by atoms with Gasteiger partial charge in [-0.1, -0.05) is 0 Å². The summed E-state index contributed by atoms with van der Waals surface area (Å²) in [6.45, 7) is 4.47. The number of anilines is 1. The van der Waals surface area contributed by atoms with E-state index in [2.05, 4.69) is 21.1 Å². The Hall–Kier alpha value is -3.10. The third kappa shape index (κ3) is 5.18. The van der Waals surface area contributed by atoms with E-state index in [1.54, 1.807) is 18.2 Å². The lowest BCUT2D eigenvalue weighted by Gasteiger charge is -2.29. The van der Waals surface area contributed by atoms with Gasteiger partial charge in [0.15, 0.2) is 5.82 Å². The normalized spacial score (nSPS) is 16.8. The molecule has 0 atom stereocenters. The first-order valence-electron chi connectivity index (χ1n) is 12.2. The second-order valence-electron chi connectivity index (χ2n) is 9.18. The van der Waals surface area contributed by atoms with Crippen LogP contribution in [0.5, 0.6) is 0 Å². The Balaban J connectivity index is 1.38. The van der Waals surface area contributed by atoms with Gasteiger partial charge in [0.2, 0.25) is 0 Å². The number of nitrogens with zero attached hydrogens (tertiary/aromatic N) is 3. The monoisotopic (exact) mass is 462 g/mol. The topological polar surface area (TPSA) is 82.2 Å². The molecular formula is C26H31FN6O. The lowest BCUT2D eigenvalue weighted by molar-refractivity contribution is 0.0952. The number of carbonyl (C=O) groups is 1. The minimum absolute atomic E-state index is 0.102. The zero-order valence-electron chi connectivity index (χ0n) is 19.3. The van der Waals surface area contributed by atoms with Crippen molar-refractivity contribution in [2.75, 3.05) is 37.6 Å². The molecule has 0 unspecified atom stereocenters. The van der Waals surface area contributed by atoms with Gasteiger partial charge in [0.05, 0.1) is 11.0 Å². The van der Waals surface area contributed by atoms with Crippen molar-refractivity contribution in [2.24, 2.45) is 5.92 Å². The third-order valence-electron chi connectivity index (χ3n) is 6.66. The number of hydrogen-bond acceptors (Lipinski definition) is 6. The van der Waals surface area contributed by atoms with Gasteiger partial charge in [0.25, 0.3) is 5.91 Å². The summed E-state index contributed by atoms with van der Waals surface area (Å²) < 4.78 is 13.6. The van der Waals surface area contributed by atoms with Gasteiger partial charge in [-0.25, -0.2) is 14.4 Å². The van der Waals surface area contributed by atoms with Crippen LogP contribution in [0.25, 0.3) is 22.3 Å². The van der Waals surface area contributed by atoms with E-state index in [0.29, 0.717) is 23.5 Å². The maximum atomic E-state index is 13.6. The average molecular weight is 463 g/mol. The Labute approximate surface area is 199 Å². The zero-order chi connectivity index (χ0) is 23.3. The maximum absolute atomic E-state index is 13.6. The minimum Gasteiger partial charge on any atom is -0.355 e. The highest BCUT2D eigenvalue weighted by atomic mass is 19.1. The molecule has 2 aromatic carbocycles. The second-order valence-corrected chi connectivity index (χ2v) is 9.18. The SMILES string of the molecule is O=C(NCCCC1CNNC1)c1ccc2nc(N3CCCCC3)c(-c3ccc(F)cc3)nc2c1. The molecule has 1 amide bonds. The van der Waals surface area contributed by atoms with Crippen LogP contribution in [0.15, 0.2) is 42.5 Å². The fraction of sp³-hybridized carbons (Fsp3) is 0.423. The van der Waals surface area contributed by atoms with Crippen molar-refractivity contribution in [1.29, 1.82) is 0 Å². The maximum Gasteiger partial charge on any atom is 0.251 e. The molecule has 2 saturated heterocycles. The van der Waals surface area contributed by atoms with E-state index in [1.165, 1.54) is 18.6 Å². The zero-order valence-corrected chi connectivity index (χ0v) is 19.3. The first-order valence-corrected chi connectivity index (χ1v) is 12.2. The standard InChI is InChI=1S/C26H31FN6O/c27-21-9-6-19(7-10-21)24-25(33-13-2-1-3-14-33)32-22-11-8-20(15-23(22)31-24)26(34)28-12-4-5-18-16-29-30-17-18/h6-11,15,18,29-30H,1-5,12-14,16-17H2,(H,28,34). The van der Waals surface area contributed by atoms with E-state index in [4.69, 9.17) is 9.97 Å². The predicted molar refractivity (Wildman–Crippen MR) is 132 cm³/mol. The van der Waals surface area contributed by atoms with Crippen molar-refractivity contribution < 1.29 is 9.18 Å². The number of piperidine rings is 1. The summed E-state index contributed by atoms with van der Waals surface area (Å²) in [5, 5.41) is 3.03. The van der Waals surface area contributed by atoms with Crippen molar-refractivity contribution in [1.82, 2.24) is 26.1 Å². The van der Waals surface area contributed by atoms with Crippen molar-refractivity contribution in [3.8, 4) is 11.3 Å². The lowest BCUT2D eigenvalue weighted by atomic mass is 10.1. The Kier molecular flexibility index (Phi) is 6.97. The van der Waals surface area contributed by atoms with E-state index < -0.39 is 0 Å². The predicted octanol–water partition coefficient (Wildman–Crippen LogP) is 3.66. The van der Waals surface area contributed by atoms with Crippen LogP contribution in [0.2, 0.25) is 0 Å². The van der Waals surface area contributed by atoms with Crippen molar-refractivity contribution >= 4 is 22.8 Å². The summed E-state index contributed by atoms with van der Waals surface area (Å²) >= 11 is 0. The largest absolute Gasteiger partial charge is 0.355 e. The van der Waals surface area contributed by atoms with Crippen molar-refractivity contribution in [3.05, 3.63) is 53.8 Å². The van der Waals surface area contributed by atoms with Crippen molar-refractivity contribution in [2.45, 2.75) is 32.1 Å². The van der Waals surface area contributed by atoms with Crippen LogP contribution in [0.1, 0.15) is 42.5 Å².